The van der Waals surface area contributed by atoms with E-state index in [1.165, 1.54) is 82.6 Å². The first-order valence-electron chi connectivity index (χ1n) is 9.06. The fraction of sp³-hybridized carbons (Fsp3) is 0.895. The summed E-state index contributed by atoms with van der Waals surface area (Å²) in [6.45, 7) is 7.50. The second-order valence-corrected chi connectivity index (χ2v) is 6.57. The summed E-state index contributed by atoms with van der Waals surface area (Å²) in [6.07, 6.45) is 19.2. The van der Waals surface area contributed by atoms with Crippen LogP contribution in [0.3, 0.4) is 0 Å². The molecule has 1 unspecified atom stereocenters. The van der Waals surface area contributed by atoms with Crippen molar-refractivity contribution in [3.63, 3.8) is 0 Å². The van der Waals surface area contributed by atoms with Gasteiger partial charge in [-0.05, 0) is 19.3 Å². The molecule has 1 nitrogen and oxygen atoms in total. The zero-order chi connectivity index (χ0) is 15.1. The summed E-state index contributed by atoms with van der Waals surface area (Å²) in [6, 6.07) is 0. The fourth-order valence-corrected chi connectivity index (χ4v) is 2.58. The van der Waals surface area contributed by atoms with E-state index < -0.39 is 0 Å². The Morgan fingerprint density at radius 2 is 1.40 bits per heavy atom. The first-order chi connectivity index (χ1) is 9.70. The summed E-state index contributed by atoms with van der Waals surface area (Å²) in [5.74, 6) is 0.825. The van der Waals surface area contributed by atoms with E-state index in [1.807, 2.05) is 0 Å². The number of rotatable bonds is 14. The van der Waals surface area contributed by atoms with Gasteiger partial charge in [0, 0.05) is 6.54 Å². The summed E-state index contributed by atoms with van der Waals surface area (Å²) in [4.78, 5) is 0. The summed E-state index contributed by atoms with van der Waals surface area (Å²) < 4.78 is 0. The Balaban J connectivity index is 3.23. The van der Waals surface area contributed by atoms with E-state index in [4.69, 9.17) is 5.73 Å². The average molecular weight is 282 g/mol. The van der Waals surface area contributed by atoms with Gasteiger partial charge in [-0.3, -0.25) is 0 Å². The highest BCUT2D eigenvalue weighted by molar-refractivity contribution is 4.99. The third-order valence-electron chi connectivity index (χ3n) is 4.24. The highest BCUT2D eigenvalue weighted by Gasteiger charge is 2.00. The van der Waals surface area contributed by atoms with Crippen LogP contribution in [-0.2, 0) is 0 Å². The molecule has 0 fully saturated rings. The van der Waals surface area contributed by atoms with E-state index in [1.54, 1.807) is 0 Å². The van der Waals surface area contributed by atoms with Crippen LogP contribution in [0.25, 0.3) is 0 Å². The highest BCUT2D eigenvalue weighted by atomic mass is 14.5. The first-order valence-corrected chi connectivity index (χ1v) is 9.06. The van der Waals surface area contributed by atoms with E-state index in [0.29, 0.717) is 6.54 Å². The summed E-state index contributed by atoms with van der Waals surface area (Å²) in [5.41, 5.74) is 6.93. The van der Waals surface area contributed by atoms with Crippen molar-refractivity contribution < 1.29 is 0 Å². The molecule has 120 valence electrons. The normalized spacial score (nSPS) is 13.7. The molecule has 0 aromatic heterocycles. The minimum absolute atomic E-state index is 0.713. The quantitative estimate of drug-likeness (QED) is 0.296. The monoisotopic (exact) mass is 281 g/mol. The van der Waals surface area contributed by atoms with Crippen molar-refractivity contribution in [3.8, 4) is 0 Å². The maximum Gasteiger partial charge on any atom is 0.0134 e. The van der Waals surface area contributed by atoms with Crippen LogP contribution in [0.5, 0.6) is 0 Å². The molecular formula is C19H39N. The Labute approximate surface area is 128 Å². The fourth-order valence-electron chi connectivity index (χ4n) is 2.58. The van der Waals surface area contributed by atoms with Crippen LogP contribution in [0.2, 0.25) is 0 Å². The predicted octanol–water partition coefficient (Wildman–Crippen LogP) is 6.23. The third kappa shape index (κ3) is 14.1. The van der Waals surface area contributed by atoms with Crippen molar-refractivity contribution >= 4 is 0 Å². The Bertz CT molecular complexity index is 220. The van der Waals surface area contributed by atoms with Gasteiger partial charge in [-0.15, -0.1) is 0 Å². The van der Waals surface area contributed by atoms with Crippen LogP contribution < -0.4 is 5.73 Å². The molecule has 2 N–H and O–H groups in total. The molecule has 0 aliphatic rings. The standard InChI is InChI=1S/C19H39N/c1-4-5-6-7-8-9-10-11-12-13-14-18(2)15-16-19(3)17-20/h16,18H,4-15,17,20H2,1-3H3. The molecule has 0 aliphatic heterocycles. The van der Waals surface area contributed by atoms with E-state index in [9.17, 15) is 0 Å². The van der Waals surface area contributed by atoms with Crippen molar-refractivity contribution in [2.45, 2.75) is 97.8 Å². The molecule has 0 heterocycles. The summed E-state index contributed by atoms with van der Waals surface area (Å²) >= 11 is 0. The first kappa shape index (κ1) is 19.7. The van der Waals surface area contributed by atoms with E-state index in [0.717, 1.165) is 5.92 Å². The van der Waals surface area contributed by atoms with Crippen molar-refractivity contribution in [1.82, 2.24) is 0 Å². The van der Waals surface area contributed by atoms with Crippen LogP contribution in [0.1, 0.15) is 97.8 Å². The minimum atomic E-state index is 0.713. The Hall–Kier alpha value is -0.300. The molecule has 1 heteroatoms. The van der Waals surface area contributed by atoms with Crippen molar-refractivity contribution in [2.24, 2.45) is 11.7 Å². The van der Waals surface area contributed by atoms with Gasteiger partial charge >= 0.3 is 0 Å². The third-order valence-corrected chi connectivity index (χ3v) is 4.24. The Morgan fingerprint density at radius 3 is 1.90 bits per heavy atom. The van der Waals surface area contributed by atoms with Gasteiger partial charge in [-0.25, -0.2) is 0 Å². The summed E-state index contributed by atoms with van der Waals surface area (Å²) in [5, 5.41) is 0. The lowest BCUT2D eigenvalue weighted by atomic mass is 9.98. The number of hydrogen-bond donors (Lipinski definition) is 1. The molecule has 1 atom stereocenters. The minimum Gasteiger partial charge on any atom is -0.327 e. The number of unbranched alkanes of at least 4 members (excludes halogenated alkanes) is 9. The molecule has 0 aliphatic carbocycles. The SMILES string of the molecule is CCCCCCCCCCCCC(C)CC=C(C)CN. The van der Waals surface area contributed by atoms with Crippen molar-refractivity contribution in [3.05, 3.63) is 11.6 Å². The van der Waals surface area contributed by atoms with Crippen LogP contribution in [0.4, 0.5) is 0 Å². The zero-order valence-electron chi connectivity index (χ0n) is 14.4. The maximum atomic E-state index is 5.60. The molecule has 0 saturated heterocycles. The second-order valence-electron chi connectivity index (χ2n) is 6.57. The van der Waals surface area contributed by atoms with Gasteiger partial charge in [-0.2, -0.15) is 0 Å². The van der Waals surface area contributed by atoms with Gasteiger partial charge in [0.25, 0.3) is 0 Å². The molecule has 0 aromatic carbocycles. The zero-order valence-corrected chi connectivity index (χ0v) is 14.4. The molecular weight excluding hydrogens is 242 g/mol. The van der Waals surface area contributed by atoms with Crippen molar-refractivity contribution in [2.75, 3.05) is 6.54 Å². The topological polar surface area (TPSA) is 26.0 Å². The largest absolute Gasteiger partial charge is 0.327 e. The Kier molecular flexibility index (Phi) is 14.9. The van der Waals surface area contributed by atoms with Crippen LogP contribution in [0, 0.1) is 5.92 Å². The molecule has 0 bridgehead atoms. The summed E-state index contributed by atoms with van der Waals surface area (Å²) in [7, 11) is 0. The van der Waals surface area contributed by atoms with Crippen LogP contribution in [-0.4, -0.2) is 6.54 Å². The molecule has 0 saturated carbocycles. The molecule has 0 amide bonds. The van der Waals surface area contributed by atoms with Crippen LogP contribution in [0.15, 0.2) is 11.6 Å². The van der Waals surface area contributed by atoms with E-state index in [-0.39, 0.29) is 0 Å². The van der Waals surface area contributed by atoms with Gasteiger partial charge in [0.1, 0.15) is 0 Å². The van der Waals surface area contributed by atoms with E-state index in [2.05, 4.69) is 26.8 Å². The number of allylic oxidation sites excluding steroid dienone is 1. The van der Waals surface area contributed by atoms with E-state index >= 15 is 0 Å². The molecule has 0 spiro atoms. The predicted molar refractivity (Wildman–Crippen MR) is 93.1 cm³/mol. The highest BCUT2D eigenvalue weighted by Crippen LogP contribution is 2.16. The second kappa shape index (κ2) is 15.1. The van der Waals surface area contributed by atoms with Gasteiger partial charge in [-0.1, -0.05) is 96.1 Å². The van der Waals surface area contributed by atoms with Crippen molar-refractivity contribution in [1.29, 1.82) is 0 Å². The lowest BCUT2D eigenvalue weighted by Crippen LogP contribution is -2.01. The lowest BCUT2D eigenvalue weighted by Gasteiger charge is -2.09. The van der Waals surface area contributed by atoms with Gasteiger partial charge in [0.05, 0.1) is 0 Å². The average Bonchev–Trinajstić information content (AvgIpc) is 2.46. The molecule has 0 rings (SSSR count). The van der Waals surface area contributed by atoms with Gasteiger partial charge < -0.3 is 5.73 Å². The maximum absolute atomic E-state index is 5.60. The Morgan fingerprint density at radius 1 is 0.900 bits per heavy atom. The number of hydrogen-bond acceptors (Lipinski definition) is 1. The number of nitrogens with two attached hydrogens (primary N) is 1. The molecule has 0 radical (unpaired) electrons. The smallest absolute Gasteiger partial charge is 0.0134 e. The molecule has 20 heavy (non-hydrogen) atoms. The van der Waals surface area contributed by atoms with Gasteiger partial charge in [0.2, 0.25) is 0 Å². The van der Waals surface area contributed by atoms with Crippen LogP contribution >= 0.6 is 0 Å². The van der Waals surface area contributed by atoms with Gasteiger partial charge in [0.15, 0.2) is 0 Å². The molecule has 0 aromatic rings. The lowest BCUT2D eigenvalue weighted by molar-refractivity contribution is 0.482.